The molecule has 2 aromatic rings. The average molecular weight is 347 g/mol. The van der Waals surface area contributed by atoms with Crippen LogP contribution in [0.15, 0.2) is 47.6 Å². The molecule has 1 amide bonds. The summed E-state index contributed by atoms with van der Waals surface area (Å²) in [6.45, 7) is 4.08. The number of nitrogens with zero attached hydrogens (tertiary/aromatic N) is 1. The van der Waals surface area contributed by atoms with Gasteiger partial charge in [0.2, 0.25) is 15.9 Å². The summed E-state index contributed by atoms with van der Waals surface area (Å²) in [5.74, 6) is -0.220. The first-order valence-corrected chi connectivity index (χ1v) is 9.09. The molecule has 24 heavy (non-hydrogen) atoms. The van der Waals surface area contributed by atoms with Crippen molar-refractivity contribution in [2.24, 2.45) is 0 Å². The molecule has 0 unspecified atom stereocenters. The normalized spacial score (nSPS) is 11.2. The summed E-state index contributed by atoms with van der Waals surface area (Å²) in [4.78, 5) is 16.0. The van der Waals surface area contributed by atoms with Gasteiger partial charge in [-0.15, -0.1) is 0 Å². The highest BCUT2D eigenvalue weighted by atomic mass is 32.2. The summed E-state index contributed by atoms with van der Waals surface area (Å²) in [5.41, 5.74) is 2.58. The number of hydrogen-bond acceptors (Lipinski definition) is 4. The van der Waals surface area contributed by atoms with Crippen LogP contribution in [-0.2, 0) is 21.4 Å². The zero-order valence-electron chi connectivity index (χ0n) is 13.7. The van der Waals surface area contributed by atoms with Gasteiger partial charge in [0, 0.05) is 31.9 Å². The first-order chi connectivity index (χ1) is 11.4. The molecule has 0 atom stereocenters. The quantitative estimate of drug-likeness (QED) is 0.798. The zero-order valence-corrected chi connectivity index (χ0v) is 14.6. The molecule has 1 heterocycles. The molecule has 6 nitrogen and oxygen atoms in total. The SMILES string of the molecule is Cc1ccc(S(=O)(=O)NCCC(=O)NCc2cccnc2)c(C)c1. The largest absolute Gasteiger partial charge is 0.352 e. The van der Waals surface area contributed by atoms with Crippen molar-refractivity contribution < 1.29 is 13.2 Å². The van der Waals surface area contributed by atoms with E-state index in [1.165, 1.54) is 0 Å². The maximum atomic E-state index is 12.3. The predicted octanol–water partition coefficient (Wildman–Crippen LogP) is 1.68. The second kappa shape index (κ2) is 8.03. The number of pyridine rings is 1. The molecule has 0 aliphatic carbocycles. The number of aromatic nitrogens is 1. The Morgan fingerprint density at radius 1 is 1.21 bits per heavy atom. The lowest BCUT2D eigenvalue weighted by Crippen LogP contribution is -2.30. The minimum Gasteiger partial charge on any atom is -0.352 e. The molecular weight excluding hydrogens is 326 g/mol. The van der Waals surface area contributed by atoms with Crippen LogP contribution in [0.2, 0.25) is 0 Å². The Morgan fingerprint density at radius 2 is 2.00 bits per heavy atom. The second-order valence-corrected chi connectivity index (χ2v) is 7.29. The first-order valence-electron chi connectivity index (χ1n) is 7.61. The van der Waals surface area contributed by atoms with E-state index in [9.17, 15) is 13.2 Å². The van der Waals surface area contributed by atoms with Crippen molar-refractivity contribution in [3.63, 3.8) is 0 Å². The Hall–Kier alpha value is -2.25. The third-order valence-electron chi connectivity index (χ3n) is 3.48. The molecule has 2 N–H and O–H groups in total. The van der Waals surface area contributed by atoms with Crippen LogP contribution >= 0.6 is 0 Å². The highest BCUT2D eigenvalue weighted by Crippen LogP contribution is 2.16. The number of sulfonamides is 1. The average Bonchev–Trinajstić information content (AvgIpc) is 2.53. The summed E-state index contributed by atoms with van der Waals surface area (Å²) >= 11 is 0. The Balaban J connectivity index is 1.83. The number of amides is 1. The zero-order chi connectivity index (χ0) is 17.6. The van der Waals surface area contributed by atoms with E-state index in [0.29, 0.717) is 12.1 Å². The van der Waals surface area contributed by atoms with Gasteiger partial charge >= 0.3 is 0 Å². The van der Waals surface area contributed by atoms with Crippen LogP contribution in [0.25, 0.3) is 0 Å². The Morgan fingerprint density at radius 3 is 2.67 bits per heavy atom. The van der Waals surface area contributed by atoms with Crippen LogP contribution in [0, 0.1) is 13.8 Å². The van der Waals surface area contributed by atoms with Gasteiger partial charge in [0.15, 0.2) is 0 Å². The summed E-state index contributed by atoms with van der Waals surface area (Å²) in [5, 5.41) is 2.73. The van der Waals surface area contributed by atoms with E-state index in [-0.39, 0.29) is 23.8 Å². The molecule has 0 aliphatic heterocycles. The highest BCUT2D eigenvalue weighted by Gasteiger charge is 2.16. The third-order valence-corrected chi connectivity index (χ3v) is 5.10. The first kappa shape index (κ1) is 18.1. The smallest absolute Gasteiger partial charge is 0.240 e. The van der Waals surface area contributed by atoms with Gasteiger partial charge in [-0.25, -0.2) is 13.1 Å². The Bertz CT molecular complexity index is 805. The van der Waals surface area contributed by atoms with Crippen molar-refractivity contribution in [2.75, 3.05) is 6.54 Å². The number of benzene rings is 1. The lowest BCUT2D eigenvalue weighted by Gasteiger charge is -2.10. The minimum absolute atomic E-state index is 0.0501. The number of carbonyl (C=O) groups is 1. The van der Waals surface area contributed by atoms with Crippen molar-refractivity contribution in [1.29, 1.82) is 0 Å². The van der Waals surface area contributed by atoms with Gasteiger partial charge < -0.3 is 5.32 Å². The van der Waals surface area contributed by atoms with Crippen molar-refractivity contribution >= 4 is 15.9 Å². The standard InChI is InChI=1S/C17H21N3O3S/c1-13-5-6-16(14(2)10-13)24(22,23)20-9-7-17(21)19-12-15-4-3-8-18-11-15/h3-6,8,10-11,20H,7,9,12H2,1-2H3,(H,19,21). The fourth-order valence-electron chi connectivity index (χ4n) is 2.27. The molecule has 7 heteroatoms. The lowest BCUT2D eigenvalue weighted by atomic mass is 10.2. The second-order valence-electron chi connectivity index (χ2n) is 5.55. The fraction of sp³-hybridized carbons (Fsp3) is 0.294. The number of aryl methyl sites for hydroxylation is 2. The Kier molecular flexibility index (Phi) is 6.05. The van der Waals surface area contributed by atoms with Crippen LogP contribution in [0.1, 0.15) is 23.1 Å². The van der Waals surface area contributed by atoms with E-state index in [2.05, 4.69) is 15.0 Å². The van der Waals surface area contributed by atoms with E-state index < -0.39 is 10.0 Å². The lowest BCUT2D eigenvalue weighted by molar-refractivity contribution is -0.121. The van der Waals surface area contributed by atoms with E-state index >= 15 is 0 Å². The molecule has 0 bridgehead atoms. The number of nitrogens with one attached hydrogen (secondary N) is 2. The topological polar surface area (TPSA) is 88.2 Å². The van der Waals surface area contributed by atoms with Gasteiger partial charge in [-0.3, -0.25) is 9.78 Å². The van der Waals surface area contributed by atoms with Crippen LogP contribution in [0.4, 0.5) is 0 Å². The predicted molar refractivity (Wildman–Crippen MR) is 91.8 cm³/mol. The van der Waals surface area contributed by atoms with Gasteiger partial charge in [-0.1, -0.05) is 23.8 Å². The number of carbonyl (C=O) groups excluding carboxylic acids is 1. The molecule has 128 valence electrons. The molecule has 0 fully saturated rings. The van der Waals surface area contributed by atoms with Crippen molar-refractivity contribution in [3.8, 4) is 0 Å². The summed E-state index contributed by atoms with van der Waals surface area (Å²) < 4.78 is 27.0. The van der Waals surface area contributed by atoms with E-state index in [4.69, 9.17) is 0 Å². The van der Waals surface area contributed by atoms with Crippen molar-refractivity contribution in [3.05, 3.63) is 59.4 Å². The van der Waals surface area contributed by atoms with Crippen LogP contribution in [0.5, 0.6) is 0 Å². The van der Waals surface area contributed by atoms with Gasteiger partial charge in [0.05, 0.1) is 4.90 Å². The van der Waals surface area contributed by atoms with Gasteiger partial charge in [0.1, 0.15) is 0 Å². The molecule has 0 saturated heterocycles. The summed E-state index contributed by atoms with van der Waals surface area (Å²) in [7, 11) is -3.61. The molecule has 0 radical (unpaired) electrons. The van der Waals surface area contributed by atoms with Gasteiger partial charge in [-0.2, -0.15) is 0 Å². The molecule has 0 spiro atoms. The Labute approximate surface area is 142 Å². The number of hydrogen-bond donors (Lipinski definition) is 2. The maximum absolute atomic E-state index is 12.3. The van der Waals surface area contributed by atoms with Gasteiger partial charge in [-0.05, 0) is 37.1 Å². The van der Waals surface area contributed by atoms with Gasteiger partial charge in [0.25, 0.3) is 0 Å². The third kappa shape index (κ3) is 5.14. The molecule has 2 rings (SSSR count). The molecule has 1 aromatic heterocycles. The highest BCUT2D eigenvalue weighted by molar-refractivity contribution is 7.89. The molecule has 1 aromatic carbocycles. The molecular formula is C17H21N3O3S. The fourth-order valence-corrected chi connectivity index (χ4v) is 3.53. The van der Waals surface area contributed by atoms with Crippen LogP contribution in [-0.4, -0.2) is 25.9 Å². The summed E-state index contributed by atoms with van der Waals surface area (Å²) in [6, 6.07) is 8.79. The van der Waals surface area contributed by atoms with Crippen LogP contribution < -0.4 is 10.0 Å². The van der Waals surface area contributed by atoms with E-state index in [0.717, 1.165) is 11.1 Å². The monoisotopic (exact) mass is 347 g/mol. The van der Waals surface area contributed by atoms with Crippen molar-refractivity contribution in [2.45, 2.75) is 31.7 Å². The van der Waals surface area contributed by atoms with Crippen LogP contribution in [0.3, 0.4) is 0 Å². The van der Waals surface area contributed by atoms with E-state index in [1.54, 1.807) is 37.5 Å². The summed E-state index contributed by atoms with van der Waals surface area (Å²) in [6.07, 6.45) is 3.40. The van der Waals surface area contributed by atoms with E-state index in [1.807, 2.05) is 19.1 Å². The molecule has 0 aliphatic rings. The maximum Gasteiger partial charge on any atom is 0.240 e. The minimum atomic E-state index is -3.61. The van der Waals surface area contributed by atoms with Crippen molar-refractivity contribution in [1.82, 2.24) is 15.0 Å². The number of rotatable bonds is 7. The molecule has 0 saturated carbocycles.